The Hall–Kier alpha value is -0.830. The molecular weight excluding hydrogens is 190 g/mol. The second kappa shape index (κ2) is 7.46. The van der Waals surface area contributed by atoms with Crippen molar-refractivity contribution in [1.82, 2.24) is 5.32 Å². The number of hydrogen-bond acceptors (Lipinski definition) is 3. The van der Waals surface area contributed by atoms with E-state index in [4.69, 9.17) is 0 Å². The molecule has 3 nitrogen and oxygen atoms in total. The number of carbonyl (C=O) groups is 1. The van der Waals surface area contributed by atoms with Crippen LogP contribution in [0.5, 0.6) is 0 Å². The van der Waals surface area contributed by atoms with Crippen molar-refractivity contribution in [3.05, 3.63) is 12.7 Å². The van der Waals surface area contributed by atoms with Gasteiger partial charge in [-0.25, -0.2) is 0 Å². The normalized spacial score (nSPS) is 20.9. The summed E-state index contributed by atoms with van der Waals surface area (Å²) in [4.78, 5) is 9.60. The molecule has 1 fully saturated rings. The van der Waals surface area contributed by atoms with Crippen molar-refractivity contribution < 1.29 is 9.53 Å². The quantitative estimate of drug-likeness (QED) is 0.565. The Morgan fingerprint density at radius 2 is 2.07 bits per heavy atom. The van der Waals surface area contributed by atoms with Crippen LogP contribution in [0.25, 0.3) is 0 Å². The molecule has 1 N–H and O–H groups in total. The van der Waals surface area contributed by atoms with Crippen molar-refractivity contribution in [2.75, 3.05) is 6.54 Å². The van der Waals surface area contributed by atoms with Crippen LogP contribution in [0, 0.1) is 0 Å². The Kier molecular flexibility index (Phi) is 7.05. The zero-order valence-electron chi connectivity index (χ0n) is 10.1. The molecule has 1 heterocycles. The molecule has 0 bridgehead atoms. The average Bonchev–Trinajstić information content (AvgIpc) is 2.18. The first kappa shape index (κ1) is 14.2. The van der Waals surface area contributed by atoms with Gasteiger partial charge < -0.3 is 10.1 Å². The lowest BCUT2D eigenvalue weighted by Crippen LogP contribution is -2.31. The third-order valence-corrected chi connectivity index (χ3v) is 2.03. The third-order valence-electron chi connectivity index (χ3n) is 2.03. The molecule has 0 saturated carbocycles. The zero-order chi connectivity index (χ0) is 11.7. The van der Waals surface area contributed by atoms with Crippen molar-refractivity contribution in [3.63, 3.8) is 0 Å². The minimum atomic E-state index is -0.318. The van der Waals surface area contributed by atoms with E-state index in [1.165, 1.54) is 25.8 Å². The van der Waals surface area contributed by atoms with Crippen LogP contribution < -0.4 is 5.32 Å². The van der Waals surface area contributed by atoms with Crippen molar-refractivity contribution in [1.29, 1.82) is 0 Å². The highest BCUT2D eigenvalue weighted by Gasteiger charge is 2.07. The van der Waals surface area contributed by atoms with Crippen LogP contribution in [0.2, 0.25) is 0 Å². The predicted molar refractivity (Wildman–Crippen MR) is 62.7 cm³/mol. The largest absolute Gasteiger partial charge is 0.462 e. The standard InChI is InChI=1S/C7H13N.C5H10O2/c1-2-7-5-3-4-6-8-7;1-5(2,3)7-4-6/h2,7-8H,1,3-6H2;4H,1-3H3. The van der Waals surface area contributed by atoms with E-state index in [1.807, 2.05) is 26.8 Å². The summed E-state index contributed by atoms with van der Waals surface area (Å²) in [6.45, 7) is 10.8. The van der Waals surface area contributed by atoms with E-state index >= 15 is 0 Å². The summed E-state index contributed by atoms with van der Waals surface area (Å²) in [5.74, 6) is 0. The van der Waals surface area contributed by atoms with Crippen molar-refractivity contribution in [2.24, 2.45) is 0 Å². The van der Waals surface area contributed by atoms with Gasteiger partial charge in [0.2, 0.25) is 0 Å². The maximum absolute atomic E-state index is 9.60. The van der Waals surface area contributed by atoms with Gasteiger partial charge >= 0.3 is 0 Å². The number of rotatable bonds is 2. The summed E-state index contributed by atoms with van der Waals surface area (Å²) in [5.41, 5.74) is -0.318. The Bertz CT molecular complexity index is 179. The second-order valence-electron chi connectivity index (χ2n) is 4.62. The summed E-state index contributed by atoms with van der Waals surface area (Å²) in [6.07, 6.45) is 5.98. The van der Waals surface area contributed by atoms with E-state index in [-0.39, 0.29) is 5.60 Å². The Balaban J connectivity index is 0.000000265. The molecule has 1 aliphatic rings. The molecule has 1 rings (SSSR count). The van der Waals surface area contributed by atoms with Gasteiger partial charge in [0.05, 0.1) is 0 Å². The predicted octanol–water partition coefficient (Wildman–Crippen LogP) is 2.27. The molecule has 1 unspecified atom stereocenters. The molecule has 1 atom stereocenters. The fourth-order valence-corrected chi connectivity index (χ4v) is 1.22. The van der Waals surface area contributed by atoms with Crippen LogP contribution >= 0.6 is 0 Å². The number of nitrogens with one attached hydrogen (secondary N) is 1. The van der Waals surface area contributed by atoms with Crippen LogP contribution in [-0.2, 0) is 9.53 Å². The van der Waals surface area contributed by atoms with Gasteiger partial charge in [0.15, 0.2) is 0 Å². The maximum Gasteiger partial charge on any atom is 0.293 e. The number of hydrogen-bond donors (Lipinski definition) is 1. The minimum Gasteiger partial charge on any atom is -0.462 e. The Morgan fingerprint density at radius 3 is 2.27 bits per heavy atom. The van der Waals surface area contributed by atoms with Crippen LogP contribution in [0.15, 0.2) is 12.7 Å². The summed E-state index contributed by atoms with van der Waals surface area (Å²) in [5, 5.41) is 3.35. The van der Waals surface area contributed by atoms with Crippen molar-refractivity contribution >= 4 is 6.47 Å². The third kappa shape index (κ3) is 9.47. The van der Waals surface area contributed by atoms with Gasteiger partial charge in [0.25, 0.3) is 6.47 Å². The lowest BCUT2D eigenvalue weighted by molar-refractivity contribution is -0.138. The highest BCUT2D eigenvalue weighted by atomic mass is 16.5. The van der Waals surface area contributed by atoms with Gasteiger partial charge in [-0.05, 0) is 40.2 Å². The van der Waals surface area contributed by atoms with E-state index in [0.29, 0.717) is 12.5 Å². The molecule has 0 aromatic carbocycles. The molecule has 0 radical (unpaired) electrons. The molecule has 0 spiro atoms. The lowest BCUT2D eigenvalue weighted by atomic mass is 10.1. The summed E-state index contributed by atoms with van der Waals surface area (Å²) in [6, 6.07) is 0.601. The van der Waals surface area contributed by atoms with E-state index in [2.05, 4.69) is 16.6 Å². The SMILES string of the molecule is C=CC1CCCCN1.CC(C)(C)OC=O. The summed E-state index contributed by atoms with van der Waals surface area (Å²) >= 11 is 0. The number of carbonyl (C=O) groups excluding carboxylic acids is 1. The molecule has 1 aliphatic heterocycles. The van der Waals surface area contributed by atoms with Gasteiger partial charge in [-0.3, -0.25) is 4.79 Å². The van der Waals surface area contributed by atoms with E-state index in [1.54, 1.807) is 0 Å². The molecule has 88 valence electrons. The average molecular weight is 213 g/mol. The second-order valence-corrected chi connectivity index (χ2v) is 4.62. The fourth-order valence-electron chi connectivity index (χ4n) is 1.22. The molecule has 0 amide bonds. The Morgan fingerprint density at radius 1 is 1.40 bits per heavy atom. The van der Waals surface area contributed by atoms with Crippen molar-refractivity contribution in [3.8, 4) is 0 Å². The van der Waals surface area contributed by atoms with Crippen LogP contribution in [-0.4, -0.2) is 24.7 Å². The van der Waals surface area contributed by atoms with Crippen molar-refractivity contribution in [2.45, 2.75) is 51.7 Å². The first-order chi connectivity index (χ1) is 6.99. The highest BCUT2D eigenvalue weighted by Crippen LogP contribution is 2.06. The van der Waals surface area contributed by atoms with E-state index < -0.39 is 0 Å². The molecular formula is C12H23NO2. The first-order valence-electron chi connectivity index (χ1n) is 5.47. The minimum absolute atomic E-state index is 0.318. The molecule has 3 heteroatoms. The van der Waals surface area contributed by atoms with Gasteiger partial charge in [-0.15, -0.1) is 6.58 Å². The van der Waals surface area contributed by atoms with Gasteiger partial charge in [0, 0.05) is 6.04 Å². The van der Waals surface area contributed by atoms with Gasteiger partial charge in [0.1, 0.15) is 5.60 Å². The Labute approximate surface area is 92.9 Å². The van der Waals surface area contributed by atoms with Gasteiger partial charge in [-0.1, -0.05) is 12.5 Å². The van der Waals surface area contributed by atoms with Crippen LogP contribution in [0.4, 0.5) is 0 Å². The smallest absolute Gasteiger partial charge is 0.293 e. The first-order valence-corrected chi connectivity index (χ1v) is 5.47. The molecule has 0 aromatic rings. The molecule has 1 saturated heterocycles. The topological polar surface area (TPSA) is 38.3 Å². The zero-order valence-corrected chi connectivity index (χ0v) is 10.1. The molecule has 15 heavy (non-hydrogen) atoms. The van der Waals surface area contributed by atoms with E-state index in [0.717, 1.165) is 0 Å². The van der Waals surface area contributed by atoms with Crippen LogP contribution in [0.3, 0.4) is 0 Å². The maximum atomic E-state index is 9.60. The highest BCUT2D eigenvalue weighted by molar-refractivity contribution is 5.37. The number of ether oxygens (including phenoxy) is 1. The monoisotopic (exact) mass is 213 g/mol. The number of piperidine rings is 1. The summed E-state index contributed by atoms with van der Waals surface area (Å²) in [7, 11) is 0. The van der Waals surface area contributed by atoms with Crippen LogP contribution in [0.1, 0.15) is 40.0 Å². The fraction of sp³-hybridized carbons (Fsp3) is 0.750. The van der Waals surface area contributed by atoms with E-state index in [9.17, 15) is 4.79 Å². The lowest BCUT2D eigenvalue weighted by Gasteiger charge is -2.19. The molecule has 0 aliphatic carbocycles. The molecule has 0 aromatic heterocycles. The summed E-state index contributed by atoms with van der Waals surface area (Å²) < 4.78 is 4.55. The van der Waals surface area contributed by atoms with Gasteiger partial charge in [-0.2, -0.15) is 0 Å².